The van der Waals surface area contributed by atoms with Crippen molar-refractivity contribution < 1.29 is 9.00 Å². The maximum Gasteiger partial charge on any atom is 0.237 e. The topological polar surface area (TPSA) is 72.2 Å². The Hall–Kier alpha value is -1.85. The molecule has 21 heavy (non-hydrogen) atoms. The van der Waals surface area contributed by atoms with Gasteiger partial charge in [-0.15, -0.1) is 0 Å². The summed E-state index contributed by atoms with van der Waals surface area (Å²) in [5, 5.41) is 3.15. The Kier molecular flexibility index (Phi) is 4.98. The lowest BCUT2D eigenvalue weighted by atomic mass is 10.2. The van der Waals surface area contributed by atoms with Crippen LogP contribution in [-0.4, -0.2) is 15.9 Å². The van der Waals surface area contributed by atoms with Crippen molar-refractivity contribution in [3.8, 4) is 0 Å². The van der Waals surface area contributed by atoms with Crippen LogP contribution in [0.15, 0.2) is 47.4 Å². The number of carbonyl (C=O) groups excluding carboxylic acids is 1. The molecule has 0 fully saturated rings. The molecule has 0 spiro atoms. The van der Waals surface area contributed by atoms with Crippen LogP contribution in [0.1, 0.15) is 5.56 Å². The molecule has 6 heteroatoms. The number of rotatable bonds is 4. The smallest absolute Gasteiger partial charge is 0.237 e. The van der Waals surface area contributed by atoms with Gasteiger partial charge in [0.2, 0.25) is 5.91 Å². The quantitative estimate of drug-likeness (QED) is 0.850. The van der Waals surface area contributed by atoms with E-state index in [1.807, 2.05) is 13.0 Å². The van der Waals surface area contributed by atoms with E-state index in [0.717, 1.165) is 5.56 Å². The molecule has 0 heterocycles. The van der Waals surface area contributed by atoms with Crippen molar-refractivity contribution in [2.24, 2.45) is 0 Å². The fourth-order valence-corrected chi connectivity index (χ4v) is 3.01. The lowest BCUT2D eigenvalue weighted by Gasteiger charge is -2.09. The number of nitrogens with one attached hydrogen (secondary N) is 1. The highest BCUT2D eigenvalue weighted by molar-refractivity contribution is 7.85. The SMILES string of the molecule is Cc1ccc(NC(=O)CS(=O)c2cccc(Cl)c2)c(N)c1. The maximum atomic E-state index is 12.1. The molecule has 1 atom stereocenters. The number of nitrogen functional groups attached to an aromatic ring is 1. The molecule has 0 aliphatic rings. The average molecular weight is 323 g/mol. The lowest BCUT2D eigenvalue weighted by Crippen LogP contribution is -2.20. The van der Waals surface area contributed by atoms with Gasteiger partial charge in [0, 0.05) is 9.92 Å². The summed E-state index contributed by atoms with van der Waals surface area (Å²) in [5.41, 5.74) is 7.84. The van der Waals surface area contributed by atoms with Crippen LogP contribution in [0.25, 0.3) is 0 Å². The zero-order valence-corrected chi connectivity index (χ0v) is 13.0. The van der Waals surface area contributed by atoms with Gasteiger partial charge in [-0.1, -0.05) is 23.7 Å². The van der Waals surface area contributed by atoms with Crippen LogP contribution in [0, 0.1) is 6.92 Å². The molecule has 3 N–H and O–H groups in total. The van der Waals surface area contributed by atoms with Crippen molar-refractivity contribution in [2.75, 3.05) is 16.8 Å². The van der Waals surface area contributed by atoms with Gasteiger partial charge in [-0.05, 0) is 42.8 Å². The minimum Gasteiger partial charge on any atom is -0.397 e. The number of anilines is 2. The molecule has 0 bridgehead atoms. The number of carbonyl (C=O) groups is 1. The molecule has 2 aromatic rings. The minimum absolute atomic E-state index is 0.145. The Bertz CT molecular complexity index is 704. The first-order valence-corrected chi connectivity index (χ1v) is 7.95. The minimum atomic E-state index is -1.45. The first-order valence-electron chi connectivity index (χ1n) is 6.25. The highest BCUT2D eigenvalue weighted by Crippen LogP contribution is 2.20. The number of hydrogen-bond acceptors (Lipinski definition) is 3. The highest BCUT2D eigenvalue weighted by atomic mass is 35.5. The van der Waals surface area contributed by atoms with Crippen LogP contribution in [0.5, 0.6) is 0 Å². The molecule has 0 aliphatic carbocycles. The summed E-state index contributed by atoms with van der Waals surface area (Å²) in [5.74, 6) is -0.503. The van der Waals surface area contributed by atoms with Gasteiger partial charge < -0.3 is 11.1 Å². The molecule has 1 amide bonds. The fraction of sp³-hybridized carbons (Fsp3) is 0.133. The molecule has 4 nitrogen and oxygen atoms in total. The summed E-state index contributed by atoms with van der Waals surface area (Å²) in [6.45, 7) is 1.91. The van der Waals surface area contributed by atoms with Gasteiger partial charge in [-0.2, -0.15) is 0 Å². The number of halogens is 1. The summed E-state index contributed by atoms with van der Waals surface area (Å²) >= 11 is 5.84. The van der Waals surface area contributed by atoms with Gasteiger partial charge in [0.05, 0.1) is 22.2 Å². The lowest BCUT2D eigenvalue weighted by molar-refractivity contribution is -0.113. The van der Waals surface area contributed by atoms with Gasteiger partial charge in [-0.25, -0.2) is 0 Å². The monoisotopic (exact) mass is 322 g/mol. The summed E-state index contributed by atoms with van der Waals surface area (Å²) in [6.07, 6.45) is 0. The zero-order valence-electron chi connectivity index (χ0n) is 11.4. The summed E-state index contributed by atoms with van der Waals surface area (Å²) in [7, 11) is -1.45. The maximum absolute atomic E-state index is 12.1. The Balaban J connectivity index is 2.03. The van der Waals surface area contributed by atoms with Crippen LogP contribution >= 0.6 is 11.6 Å². The van der Waals surface area contributed by atoms with Gasteiger partial charge >= 0.3 is 0 Å². The molecule has 110 valence electrons. The summed E-state index contributed by atoms with van der Waals surface area (Å²) in [6, 6.07) is 12.0. The molecule has 0 aliphatic heterocycles. The van der Waals surface area contributed by atoms with E-state index in [9.17, 15) is 9.00 Å². The number of aryl methyl sites for hydroxylation is 1. The van der Waals surface area contributed by atoms with E-state index in [4.69, 9.17) is 17.3 Å². The third-order valence-electron chi connectivity index (χ3n) is 2.80. The Morgan fingerprint density at radius 3 is 2.71 bits per heavy atom. The summed E-state index contributed by atoms with van der Waals surface area (Å²) < 4.78 is 12.1. The Labute approximate surface area is 130 Å². The number of amides is 1. The van der Waals surface area contributed by atoms with Crippen molar-refractivity contribution in [3.63, 3.8) is 0 Å². The predicted octanol–water partition coefficient (Wildman–Crippen LogP) is 2.98. The van der Waals surface area contributed by atoms with Gasteiger partial charge in [0.1, 0.15) is 5.75 Å². The third kappa shape index (κ3) is 4.31. The molecule has 0 radical (unpaired) electrons. The number of nitrogens with two attached hydrogens (primary N) is 1. The number of benzene rings is 2. The Morgan fingerprint density at radius 2 is 2.05 bits per heavy atom. The van der Waals surface area contributed by atoms with Crippen LogP contribution < -0.4 is 11.1 Å². The van der Waals surface area contributed by atoms with Crippen molar-refractivity contribution >= 4 is 39.7 Å². The molecule has 2 rings (SSSR count). The molecule has 1 unspecified atom stereocenters. The number of hydrogen-bond donors (Lipinski definition) is 2. The normalized spacial score (nSPS) is 11.9. The fourth-order valence-electron chi connectivity index (χ4n) is 1.79. The van der Waals surface area contributed by atoms with E-state index in [1.165, 1.54) is 0 Å². The van der Waals surface area contributed by atoms with Crippen molar-refractivity contribution in [3.05, 3.63) is 53.1 Å². The van der Waals surface area contributed by atoms with Crippen molar-refractivity contribution in [1.29, 1.82) is 0 Å². The zero-order chi connectivity index (χ0) is 15.4. The van der Waals surface area contributed by atoms with Crippen LogP contribution in [0.2, 0.25) is 5.02 Å². The van der Waals surface area contributed by atoms with E-state index in [2.05, 4.69) is 5.32 Å². The molecule has 0 aromatic heterocycles. The average Bonchev–Trinajstić information content (AvgIpc) is 2.42. The second-order valence-corrected chi connectivity index (χ2v) is 6.47. The second kappa shape index (κ2) is 6.74. The second-order valence-electron chi connectivity index (χ2n) is 4.59. The van der Waals surface area contributed by atoms with Crippen molar-refractivity contribution in [2.45, 2.75) is 11.8 Å². The first-order chi connectivity index (χ1) is 9.95. The Morgan fingerprint density at radius 1 is 1.29 bits per heavy atom. The predicted molar refractivity (Wildman–Crippen MR) is 86.9 cm³/mol. The van der Waals surface area contributed by atoms with E-state index in [0.29, 0.717) is 21.3 Å². The molecular formula is C15H15ClN2O2S. The van der Waals surface area contributed by atoms with Crippen LogP contribution in [0.3, 0.4) is 0 Å². The molecular weight excluding hydrogens is 308 g/mol. The van der Waals surface area contributed by atoms with E-state index < -0.39 is 10.8 Å². The standard InChI is InChI=1S/C15H15ClN2O2S/c1-10-5-6-14(13(17)7-10)18-15(19)9-21(20)12-4-2-3-11(16)8-12/h2-8H,9,17H2,1H3,(H,18,19). The van der Waals surface area contributed by atoms with Crippen LogP contribution in [0.4, 0.5) is 11.4 Å². The first kappa shape index (κ1) is 15.5. The highest BCUT2D eigenvalue weighted by Gasteiger charge is 2.12. The largest absolute Gasteiger partial charge is 0.397 e. The van der Waals surface area contributed by atoms with Gasteiger partial charge in [0.15, 0.2) is 0 Å². The van der Waals surface area contributed by atoms with Crippen LogP contribution in [-0.2, 0) is 15.6 Å². The van der Waals surface area contributed by atoms with E-state index in [-0.39, 0.29) is 11.7 Å². The van der Waals surface area contributed by atoms with E-state index in [1.54, 1.807) is 36.4 Å². The van der Waals surface area contributed by atoms with Gasteiger partial charge in [-0.3, -0.25) is 9.00 Å². The molecule has 0 saturated carbocycles. The summed E-state index contributed by atoms with van der Waals surface area (Å²) in [4.78, 5) is 12.4. The van der Waals surface area contributed by atoms with Crippen molar-refractivity contribution in [1.82, 2.24) is 0 Å². The van der Waals surface area contributed by atoms with Gasteiger partial charge in [0.25, 0.3) is 0 Å². The molecule has 0 saturated heterocycles. The third-order valence-corrected chi connectivity index (χ3v) is 4.34. The molecule has 2 aromatic carbocycles. The van der Waals surface area contributed by atoms with E-state index >= 15 is 0 Å².